The standard InChI is InChI=1S/C12H20N4O/c1-9-14-11(13-2)6-12(15-9)16-5-4-10(7-16)8-17-3/h6,10H,4-5,7-8H2,1-3H3,(H,13,14,15). The Balaban J connectivity index is 2.10. The molecule has 2 heterocycles. The van der Waals surface area contributed by atoms with Gasteiger partial charge in [0.05, 0.1) is 6.61 Å². The highest BCUT2D eigenvalue weighted by atomic mass is 16.5. The molecule has 1 aliphatic rings. The van der Waals surface area contributed by atoms with Crippen LogP contribution in [0.2, 0.25) is 0 Å². The molecule has 1 aromatic heterocycles. The molecule has 5 nitrogen and oxygen atoms in total. The molecule has 1 saturated heterocycles. The lowest BCUT2D eigenvalue weighted by Crippen LogP contribution is -2.22. The van der Waals surface area contributed by atoms with Gasteiger partial charge in [-0.25, -0.2) is 9.97 Å². The first-order valence-corrected chi connectivity index (χ1v) is 6.00. The minimum absolute atomic E-state index is 0.619. The van der Waals surface area contributed by atoms with Crippen LogP contribution in [0.15, 0.2) is 6.07 Å². The third-order valence-corrected chi connectivity index (χ3v) is 3.09. The van der Waals surface area contributed by atoms with Gasteiger partial charge in [0.15, 0.2) is 0 Å². The maximum absolute atomic E-state index is 5.21. The van der Waals surface area contributed by atoms with Crippen molar-refractivity contribution >= 4 is 11.6 Å². The molecule has 17 heavy (non-hydrogen) atoms. The minimum Gasteiger partial charge on any atom is -0.384 e. The van der Waals surface area contributed by atoms with Gasteiger partial charge in [0, 0.05) is 39.2 Å². The van der Waals surface area contributed by atoms with Crippen LogP contribution in [-0.2, 0) is 4.74 Å². The quantitative estimate of drug-likeness (QED) is 0.854. The Bertz CT molecular complexity index is 383. The highest BCUT2D eigenvalue weighted by Crippen LogP contribution is 2.23. The summed E-state index contributed by atoms with van der Waals surface area (Å²) < 4.78 is 5.21. The number of nitrogens with one attached hydrogen (secondary N) is 1. The Hall–Kier alpha value is -1.36. The fourth-order valence-corrected chi connectivity index (χ4v) is 2.25. The van der Waals surface area contributed by atoms with Crippen molar-refractivity contribution in [1.82, 2.24) is 9.97 Å². The molecule has 1 unspecified atom stereocenters. The zero-order valence-corrected chi connectivity index (χ0v) is 10.7. The summed E-state index contributed by atoms with van der Waals surface area (Å²) in [5.74, 6) is 3.32. The van der Waals surface area contributed by atoms with Crippen molar-refractivity contribution in [2.45, 2.75) is 13.3 Å². The summed E-state index contributed by atoms with van der Waals surface area (Å²) in [6.45, 7) is 4.83. The number of methoxy groups -OCH3 is 1. The van der Waals surface area contributed by atoms with Gasteiger partial charge in [0.2, 0.25) is 0 Å². The molecule has 1 fully saturated rings. The molecule has 1 aliphatic heterocycles. The lowest BCUT2D eigenvalue weighted by Gasteiger charge is -2.18. The SMILES string of the molecule is CNc1cc(N2CCC(COC)C2)nc(C)n1. The smallest absolute Gasteiger partial charge is 0.134 e. The van der Waals surface area contributed by atoms with Crippen molar-refractivity contribution in [2.24, 2.45) is 5.92 Å². The second-order valence-corrected chi connectivity index (χ2v) is 4.46. The van der Waals surface area contributed by atoms with E-state index < -0.39 is 0 Å². The molecule has 5 heteroatoms. The van der Waals surface area contributed by atoms with E-state index in [2.05, 4.69) is 20.2 Å². The molecule has 0 aromatic carbocycles. The Labute approximate surface area is 102 Å². The van der Waals surface area contributed by atoms with E-state index in [1.807, 2.05) is 20.0 Å². The summed E-state index contributed by atoms with van der Waals surface area (Å²) in [5, 5.41) is 3.07. The van der Waals surface area contributed by atoms with Gasteiger partial charge in [0.1, 0.15) is 17.5 Å². The predicted octanol–water partition coefficient (Wildman–Crippen LogP) is 1.30. The number of hydrogen-bond acceptors (Lipinski definition) is 5. The number of aryl methyl sites for hydroxylation is 1. The number of nitrogens with zero attached hydrogens (tertiary/aromatic N) is 3. The molecule has 94 valence electrons. The normalized spacial score (nSPS) is 19.7. The Morgan fingerprint density at radius 1 is 1.53 bits per heavy atom. The summed E-state index contributed by atoms with van der Waals surface area (Å²) in [6.07, 6.45) is 1.17. The molecule has 0 bridgehead atoms. The molecule has 0 amide bonds. The lowest BCUT2D eigenvalue weighted by atomic mass is 10.1. The van der Waals surface area contributed by atoms with Gasteiger partial charge >= 0.3 is 0 Å². The first-order valence-electron chi connectivity index (χ1n) is 6.00. The van der Waals surface area contributed by atoms with Gasteiger partial charge in [-0.05, 0) is 13.3 Å². The fourth-order valence-electron chi connectivity index (χ4n) is 2.25. The Kier molecular flexibility index (Phi) is 3.78. The predicted molar refractivity (Wildman–Crippen MR) is 68.5 cm³/mol. The van der Waals surface area contributed by atoms with Crippen molar-refractivity contribution < 1.29 is 4.74 Å². The van der Waals surface area contributed by atoms with Crippen molar-refractivity contribution in [1.29, 1.82) is 0 Å². The topological polar surface area (TPSA) is 50.3 Å². The van der Waals surface area contributed by atoms with Gasteiger partial charge in [-0.3, -0.25) is 0 Å². The number of ether oxygens (including phenoxy) is 1. The van der Waals surface area contributed by atoms with Crippen molar-refractivity contribution in [3.8, 4) is 0 Å². The van der Waals surface area contributed by atoms with Crippen LogP contribution in [0.5, 0.6) is 0 Å². The molecular formula is C12H20N4O. The van der Waals surface area contributed by atoms with E-state index in [4.69, 9.17) is 4.74 Å². The van der Waals surface area contributed by atoms with Crippen LogP contribution in [0.25, 0.3) is 0 Å². The van der Waals surface area contributed by atoms with Gasteiger partial charge in [-0.1, -0.05) is 0 Å². The second kappa shape index (κ2) is 5.31. The number of anilines is 2. The molecule has 2 rings (SSSR count). The van der Waals surface area contributed by atoms with E-state index in [9.17, 15) is 0 Å². The van der Waals surface area contributed by atoms with Crippen LogP contribution in [-0.4, -0.2) is 43.8 Å². The first-order chi connectivity index (χ1) is 8.22. The third-order valence-electron chi connectivity index (χ3n) is 3.09. The maximum Gasteiger partial charge on any atom is 0.134 e. The average molecular weight is 236 g/mol. The zero-order chi connectivity index (χ0) is 12.3. The van der Waals surface area contributed by atoms with Crippen molar-refractivity contribution in [3.63, 3.8) is 0 Å². The van der Waals surface area contributed by atoms with Gasteiger partial charge in [-0.15, -0.1) is 0 Å². The summed E-state index contributed by atoms with van der Waals surface area (Å²) >= 11 is 0. The average Bonchev–Trinajstić information content (AvgIpc) is 2.77. The molecule has 0 radical (unpaired) electrons. The first kappa shape index (κ1) is 12.1. The Morgan fingerprint density at radius 2 is 2.35 bits per heavy atom. The highest BCUT2D eigenvalue weighted by molar-refractivity contribution is 5.49. The Morgan fingerprint density at radius 3 is 3.06 bits per heavy atom. The molecule has 1 atom stereocenters. The van der Waals surface area contributed by atoms with E-state index in [-0.39, 0.29) is 0 Å². The van der Waals surface area contributed by atoms with Crippen LogP contribution < -0.4 is 10.2 Å². The molecular weight excluding hydrogens is 216 g/mol. The zero-order valence-electron chi connectivity index (χ0n) is 10.7. The molecule has 1 N–H and O–H groups in total. The fraction of sp³-hybridized carbons (Fsp3) is 0.667. The summed E-state index contributed by atoms with van der Waals surface area (Å²) in [6, 6.07) is 2.00. The van der Waals surface area contributed by atoms with Crippen molar-refractivity contribution in [2.75, 3.05) is 44.1 Å². The van der Waals surface area contributed by atoms with E-state index >= 15 is 0 Å². The lowest BCUT2D eigenvalue weighted by molar-refractivity contribution is 0.161. The van der Waals surface area contributed by atoms with E-state index in [1.165, 1.54) is 6.42 Å². The number of aromatic nitrogens is 2. The van der Waals surface area contributed by atoms with E-state index in [1.54, 1.807) is 7.11 Å². The van der Waals surface area contributed by atoms with Crippen LogP contribution in [0, 0.1) is 12.8 Å². The van der Waals surface area contributed by atoms with Crippen molar-refractivity contribution in [3.05, 3.63) is 11.9 Å². The minimum atomic E-state index is 0.619. The van der Waals surface area contributed by atoms with Gasteiger partial charge < -0.3 is 15.0 Å². The molecule has 1 aromatic rings. The number of rotatable bonds is 4. The molecule has 0 aliphatic carbocycles. The maximum atomic E-state index is 5.21. The van der Waals surface area contributed by atoms with Crippen LogP contribution in [0.4, 0.5) is 11.6 Å². The van der Waals surface area contributed by atoms with Gasteiger partial charge in [-0.2, -0.15) is 0 Å². The van der Waals surface area contributed by atoms with E-state index in [0.29, 0.717) is 5.92 Å². The monoisotopic (exact) mass is 236 g/mol. The largest absolute Gasteiger partial charge is 0.384 e. The molecule has 0 spiro atoms. The second-order valence-electron chi connectivity index (χ2n) is 4.46. The third kappa shape index (κ3) is 2.85. The molecule has 0 saturated carbocycles. The van der Waals surface area contributed by atoms with Gasteiger partial charge in [0.25, 0.3) is 0 Å². The van der Waals surface area contributed by atoms with Crippen LogP contribution in [0.3, 0.4) is 0 Å². The van der Waals surface area contributed by atoms with E-state index in [0.717, 1.165) is 37.2 Å². The summed E-state index contributed by atoms with van der Waals surface area (Å²) in [7, 11) is 3.64. The van der Waals surface area contributed by atoms with Crippen LogP contribution in [0.1, 0.15) is 12.2 Å². The highest BCUT2D eigenvalue weighted by Gasteiger charge is 2.23. The summed E-state index contributed by atoms with van der Waals surface area (Å²) in [5.41, 5.74) is 0. The van der Waals surface area contributed by atoms with Crippen LogP contribution >= 0.6 is 0 Å². The number of hydrogen-bond donors (Lipinski definition) is 1. The summed E-state index contributed by atoms with van der Waals surface area (Å²) in [4.78, 5) is 11.1.